The molecule has 0 fully saturated rings. The van der Waals surface area contributed by atoms with Gasteiger partial charge in [0.25, 0.3) is 0 Å². The molecular formula is C29H24ClN3O2. The molecule has 1 heterocycles. The summed E-state index contributed by atoms with van der Waals surface area (Å²) in [5.41, 5.74) is 5.51. The third kappa shape index (κ3) is 4.91. The average Bonchev–Trinajstić information content (AvgIpc) is 3.36. The number of ether oxygens (including phenoxy) is 1. The number of hydrogen-bond donors (Lipinski definition) is 1. The van der Waals surface area contributed by atoms with Crippen molar-refractivity contribution in [1.29, 1.82) is 0 Å². The predicted molar refractivity (Wildman–Crippen MR) is 141 cm³/mol. The zero-order chi connectivity index (χ0) is 24.2. The fourth-order valence-electron chi connectivity index (χ4n) is 4.27. The first kappa shape index (κ1) is 22.7. The molecule has 0 radical (unpaired) electrons. The first-order chi connectivity index (χ1) is 17.1. The van der Waals surface area contributed by atoms with E-state index in [1.54, 1.807) is 7.11 Å². The van der Waals surface area contributed by atoms with E-state index >= 15 is 0 Å². The predicted octanol–water partition coefficient (Wildman–Crippen LogP) is 7.05. The fourth-order valence-corrected chi connectivity index (χ4v) is 4.40. The SMILES string of the molecule is COc1cc(NC(=O)N2CC(c3ccccc3)C(c3ccc(Cl)cc3)=N2)ccc1-c1ccccc1. The third-order valence-corrected chi connectivity index (χ3v) is 6.28. The van der Waals surface area contributed by atoms with Crippen molar-refractivity contribution in [2.24, 2.45) is 5.10 Å². The molecule has 0 saturated carbocycles. The fraction of sp³-hybridized carbons (Fsp3) is 0.103. The molecule has 2 amide bonds. The summed E-state index contributed by atoms with van der Waals surface area (Å²) in [6.45, 7) is 0.438. The van der Waals surface area contributed by atoms with Crippen LogP contribution in [0.1, 0.15) is 17.0 Å². The molecule has 6 heteroatoms. The molecule has 35 heavy (non-hydrogen) atoms. The molecule has 1 unspecified atom stereocenters. The molecular weight excluding hydrogens is 458 g/mol. The van der Waals surface area contributed by atoms with Crippen LogP contribution >= 0.6 is 11.6 Å². The summed E-state index contributed by atoms with van der Waals surface area (Å²) in [6.07, 6.45) is 0. The average molecular weight is 482 g/mol. The van der Waals surface area contributed by atoms with Crippen molar-refractivity contribution in [1.82, 2.24) is 5.01 Å². The molecule has 174 valence electrons. The molecule has 1 atom stereocenters. The van der Waals surface area contributed by atoms with Gasteiger partial charge in [-0.2, -0.15) is 5.10 Å². The molecule has 1 aliphatic heterocycles. The second kappa shape index (κ2) is 10.0. The normalized spacial score (nSPS) is 15.0. The lowest BCUT2D eigenvalue weighted by molar-refractivity contribution is 0.218. The van der Waals surface area contributed by atoms with Gasteiger partial charge in [-0.3, -0.25) is 0 Å². The lowest BCUT2D eigenvalue weighted by Gasteiger charge is -2.17. The number of benzene rings is 4. The number of methoxy groups -OCH3 is 1. The molecule has 0 bridgehead atoms. The van der Waals surface area contributed by atoms with E-state index in [2.05, 4.69) is 17.4 Å². The van der Waals surface area contributed by atoms with Gasteiger partial charge in [0.2, 0.25) is 0 Å². The van der Waals surface area contributed by atoms with Crippen molar-refractivity contribution in [2.75, 3.05) is 19.0 Å². The second-order valence-corrected chi connectivity index (χ2v) is 8.69. The number of rotatable bonds is 5. The Balaban J connectivity index is 1.40. The van der Waals surface area contributed by atoms with Crippen LogP contribution in [-0.2, 0) is 0 Å². The number of nitrogens with zero attached hydrogens (tertiary/aromatic N) is 2. The highest BCUT2D eigenvalue weighted by atomic mass is 35.5. The molecule has 4 aromatic rings. The number of carbonyl (C=O) groups is 1. The van der Waals surface area contributed by atoms with E-state index in [4.69, 9.17) is 21.4 Å². The van der Waals surface area contributed by atoms with Crippen molar-refractivity contribution in [3.05, 3.63) is 119 Å². The highest BCUT2D eigenvalue weighted by molar-refractivity contribution is 6.30. The number of nitrogens with one attached hydrogen (secondary N) is 1. The number of amides is 2. The Bertz CT molecular complexity index is 1360. The number of halogens is 1. The highest BCUT2D eigenvalue weighted by Gasteiger charge is 2.32. The van der Waals surface area contributed by atoms with Gasteiger partial charge in [0.1, 0.15) is 5.75 Å². The Hall–Kier alpha value is -4.09. The van der Waals surface area contributed by atoms with Gasteiger partial charge in [-0.1, -0.05) is 84.4 Å². The standard InChI is InChI=1S/C29H24ClN3O2/c1-35-27-18-24(16-17-25(27)20-8-4-2-5-9-20)31-29(34)33-19-26(21-10-6-3-7-11-21)28(32-33)22-12-14-23(30)15-13-22/h2-18,26H,19H2,1H3,(H,31,34). The highest BCUT2D eigenvalue weighted by Crippen LogP contribution is 2.33. The van der Waals surface area contributed by atoms with E-state index in [0.717, 1.165) is 28.0 Å². The van der Waals surface area contributed by atoms with Gasteiger partial charge in [-0.05, 0) is 41.0 Å². The smallest absolute Gasteiger partial charge is 0.342 e. The third-order valence-electron chi connectivity index (χ3n) is 6.03. The number of urea groups is 1. The van der Waals surface area contributed by atoms with Crippen molar-refractivity contribution < 1.29 is 9.53 Å². The van der Waals surface area contributed by atoms with Crippen LogP contribution in [0.15, 0.2) is 108 Å². The zero-order valence-corrected chi connectivity index (χ0v) is 19.9. The van der Waals surface area contributed by atoms with Crippen LogP contribution in [0.25, 0.3) is 11.1 Å². The second-order valence-electron chi connectivity index (χ2n) is 8.25. The van der Waals surface area contributed by atoms with Gasteiger partial charge in [-0.15, -0.1) is 0 Å². The van der Waals surface area contributed by atoms with E-state index in [1.165, 1.54) is 5.01 Å². The maximum atomic E-state index is 13.2. The maximum Gasteiger partial charge on any atom is 0.342 e. The molecule has 0 aliphatic carbocycles. The zero-order valence-electron chi connectivity index (χ0n) is 19.2. The Morgan fingerprint density at radius 1 is 0.914 bits per heavy atom. The van der Waals surface area contributed by atoms with Gasteiger partial charge < -0.3 is 10.1 Å². The van der Waals surface area contributed by atoms with Crippen molar-refractivity contribution >= 4 is 29.0 Å². The van der Waals surface area contributed by atoms with Gasteiger partial charge in [-0.25, -0.2) is 9.80 Å². The van der Waals surface area contributed by atoms with Crippen molar-refractivity contribution in [3.8, 4) is 16.9 Å². The summed E-state index contributed by atoms with van der Waals surface area (Å²) in [7, 11) is 1.63. The van der Waals surface area contributed by atoms with Crippen LogP contribution < -0.4 is 10.1 Å². The Morgan fingerprint density at radius 3 is 2.29 bits per heavy atom. The molecule has 0 aromatic heterocycles. The topological polar surface area (TPSA) is 53.9 Å². The Kier molecular flexibility index (Phi) is 6.51. The molecule has 5 rings (SSSR count). The Morgan fingerprint density at radius 2 is 1.60 bits per heavy atom. The van der Waals surface area contributed by atoms with E-state index in [1.807, 2.05) is 91.0 Å². The molecule has 4 aromatic carbocycles. The first-order valence-corrected chi connectivity index (χ1v) is 11.7. The van der Waals surface area contributed by atoms with E-state index in [-0.39, 0.29) is 11.9 Å². The summed E-state index contributed by atoms with van der Waals surface area (Å²) < 4.78 is 5.60. The van der Waals surface area contributed by atoms with Crippen molar-refractivity contribution in [3.63, 3.8) is 0 Å². The number of anilines is 1. The minimum atomic E-state index is -0.301. The Labute approximate surface area is 209 Å². The minimum Gasteiger partial charge on any atom is -0.496 e. The number of hydrogen-bond acceptors (Lipinski definition) is 3. The van der Waals surface area contributed by atoms with Crippen LogP contribution in [-0.4, -0.2) is 30.4 Å². The van der Waals surface area contributed by atoms with Crippen LogP contribution in [0.5, 0.6) is 5.75 Å². The molecule has 0 spiro atoms. The number of carbonyl (C=O) groups excluding carboxylic acids is 1. The molecule has 1 N–H and O–H groups in total. The maximum absolute atomic E-state index is 13.2. The van der Waals surface area contributed by atoms with Gasteiger partial charge in [0, 0.05) is 28.3 Å². The van der Waals surface area contributed by atoms with E-state index < -0.39 is 0 Å². The van der Waals surface area contributed by atoms with Crippen LogP contribution in [0.3, 0.4) is 0 Å². The minimum absolute atomic E-state index is 0.0434. The van der Waals surface area contributed by atoms with Gasteiger partial charge in [0.05, 0.1) is 19.4 Å². The first-order valence-electron chi connectivity index (χ1n) is 11.3. The van der Waals surface area contributed by atoms with Crippen LogP contribution in [0, 0.1) is 0 Å². The molecule has 1 aliphatic rings. The molecule has 0 saturated heterocycles. The summed E-state index contributed by atoms with van der Waals surface area (Å²) in [5.74, 6) is 0.640. The van der Waals surface area contributed by atoms with E-state index in [0.29, 0.717) is 23.0 Å². The molecule has 5 nitrogen and oxygen atoms in total. The van der Waals surface area contributed by atoms with Gasteiger partial charge >= 0.3 is 6.03 Å². The van der Waals surface area contributed by atoms with Crippen LogP contribution in [0.2, 0.25) is 5.02 Å². The van der Waals surface area contributed by atoms with E-state index in [9.17, 15) is 4.79 Å². The monoisotopic (exact) mass is 481 g/mol. The summed E-state index contributed by atoms with van der Waals surface area (Å²) in [6, 6.07) is 33.0. The number of hydrazone groups is 1. The quantitative estimate of drug-likeness (QED) is 0.332. The summed E-state index contributed by atoms with van der Waals surface area (Å²) in [4.78, 5) is 13.2. The van der Waals surface area contributed by atoms with Crippen LogP contribution in [0.4, 0.5) is 10.5 Å². The summed E-state index contributed by atoms with van der Waals surface area (Å²) in [5, 5.41) is 9.83. The largest absolute Gasteiger partial charge is 0.496 e. The lowest BCUT2D eigenvalue weighted by Crippen LogP contribution is -2.30. The lowest BCUT2D eigenvalue weighted by atomic mass is 9.91. The summed E-state index contributed by atoms with van der Waals surface area (Å²) >= 11 is 6.09. The van der Waals surface area contributed by atoms with Gasteiger partial charge in [0.15, 0.2) is 0 Å². The van der Waals surface area contributed by atoms with Crippen molar-refractivity contribution in [2.45, 2.75) is 5.92 Å².